The Morgan fingerprint density at radius 3 is 2.05 bits per heavy atom. The second-order valence-corrected chi connectivity index (χ2v) is 8.83. The topological polar surface area (TPSA) is 141 Å². The Bertz CT molecular complexity index is 360. The van der Waals surface area contributed by atoms with Crippen molar-refractivity contribution in [2.75, 3.05) is 20.1 Å². The van der Waals surface area contributed by atoms with Crippen LogP contribution in [0.15, 0.2) is 0 Å². The van der Waals surface area contributed by atoms with Gasteiger partial charge in [-0.25, -0.2) is 0 Å². The van der Waals surface area contributed by atoms with Crippen LogP contribution < -0.4 is 34.5 Å². The van der Waals surface area contributed by atoms with E-state index in [-0.39, 0.29) is 36.1 Å². The Balaban J connectivity index is 0. The molecule has 0 heterocycles. The van der Waals surface area contributed by atoms with Crippen LogP contribution in [0.4, 0.5) is 0 Å². The second kappa shape index (κ2) is 8.75. The van der Waals surface area contributed by atoms with Crippen LogP contribution in [-0.2, 0) is 9.13 Å². The predicted molar refractivity (Wildman–Crippen MR) is 68.4 cm³/mol. The number of rotatable bonds is 8. The van der Waals surface area contributed by atoms with Gasteiger partial charge in [-0.15, -0.1) is 0 Å². The minimum atomic E-state index is -5.59. The number of aliphatic hydroxyl groups is 1. The summed E-state index contributed by atoms with van der Waals surface area (Å²) >= 11 is 0. The molecule has 0 spiro atoms. The zero-order valence-corrected chi connectivity index (χ0v) is 16.0. The second-order valence-electron chi connectivity index (χ2n) is 4.86. The first-order valence-corrected chi connectivity index (χ1v) is 9.04. The molecule has 0 aliphatic heterocycles. The fourth-order valence-corrected chi connectivity index (χ4v) is 3.64. The van der Waals surface area contributed by atoms with Crippen molar-refractivity contribution in [1.82, 2.24) is 4.90 Å². The van der Waals surface area contributed by atoms with Crippen LogP contribution in [0, 0.1) is 5.92 Å². The maximum atomic E-state index is 11.1. The third-order valence-electron chi connectivity index (χ3n) is 3.07. The summed E-state index contributed by atoms with van der Waals surface area (Å²) in [7, 11) is -9.36. The molecule has 11 heteroatoms. The molecule has 0 aromatic carbocycles. The third-order valence-corrected chi connectivity index (χ3v) is 6.89. The van der Waals surface area contributed by atoms with Crippen LogP contribution in [0.1, 0.15) is 26.7 Å². The minimum absolute atomic E-state index is 0. The largest absolute Gasteiger partial charge is 1.00 e. The van der Waals surface area contributed by atoms with Gasteiger partial charge in [-0.3, -0.25) is 4.57 Å². The molecule has 0 aliphatic carbocycles. The van der Waals surface area contributed by atoms with Crippen LogP contribution in [0.2, 0.25) is 0 Å². The van der Waals surface area contributed by atoms with Crippen molar-refractivity contribution < 1.29 is 63.4 Å². The molecule has 0 saturated heterocycles. The van der Waals surface area contributed by atoms with Crippen molar-refractivity contribution in [3.8, 4) is 0 Å². The van der Waals surface area contributed by atoms with E-state index in [0.29, 0.717) is 12.5 Å². The smallest absolute Gasteiger partial charge is 0.776 e. The Kier molecular flexibility index (Phi) is 10.3. The van der Waals surface area contributed by atoms with Crippen LogP contribution in [0.5, 0.6) is 0 Å². The van der Waals surface area contributed by atoms with Gasteiger partial charge in [0.25, 0.3) is 0 Å². The summed E-state index contributed by atoms with van der Waals surface area (Å²) in [6.45, 7) is 4.46. The van der Waals surface area contributed by atoms with E-state index in [0.717, 1.165) is 6.42 Å². The summed E-state index contributed by atoms with van der Waals surface area (Å²) in [5.74, 6) is 0.321. The Morgan fingerprint density at radius 2 is 1.75 bits per heavy atom. The average Bonchev–Trinajstić information content (AvgIpc) is 2.22. The molecule has 0 fully saturated rings. The van der Waals surface area contributed by atoms with Gasteiger partial charge in [0.15, 0.2) is 7.60 Å². The fraction of sp³-hybridized carbons (Fsp3) is 1.00. The normalized spacial score (nSPS) is 19.9. The molecule has 3 unspecified atom stereocenters. The van der Waals surface area contributed by atoms with Gasteiger partial charge in [-0.2, -0.15) is 0 Å². The molecular formula is C9H22NNaO7P2. The molecule has 116 valence electrons. The van der Waals surface area contributed by atoms with E-state index in [1.165, 1.54) is 0 Å². The molecule has 20 heavy (non-hydrogen) atoms. The molecule has 0 aromatic heterocycles. The maximum Gasteiger partial charge on any atom is 1.00 e. The molecule has 0 rings (SSSR count). The third kappa shape index (κ3) is 6.55. The van der Waals surface area contributed by atoms with Crippen molar-refractivity contribution >= 4 is 15.2 Å². The van der Waals surface area contributed by atoms with E-state index in [9.17, 15) is 19.1 Å². The summed E-state index contributed by atoms with van der Waals surface area (Å²) in [4.78, 5) is 39.4. The van der Waals surface area contributed by atoms with Crippen molar-refractivity contribution in [2.24, 2.45) is 5.92 Å². The van der Waals surface area contributed by atoms with Gasteiger partial charge in [-0.05, 0) is 13.0 Å². The summed E-state index contributed by atoms with van der Waals surface area (Å²) in [5.41, 5.74) is 0. The zero-order valence-electron chi connectivity index (χ0n) is 12.3. The van der Waals surface area contributed by atoms with Crippen LogP contribution in [0.25, 0.3) is 0 Å². The monoisotopic (exact) mass is 341 g/mol. The molecule has 8 nitrogen and oxygen atoms in total. The van der Waals surface area contributed by atoms with Crippen LogP contribution >= 0.6 is 15.2 Å². The van der Waals surface area contributed by atoms with Crippen molar-refractivity contribution in [3.05, 3.63) is 0 Å². The van der Waals surface area contributed by atoms with Crippen molar-refractivity contribution in [3.63, 3.8) is 0 Å². The van der Waals surface area contributed by atoms with Gasteiger partial charge in [-0.1, -0.05) is 20.3 Å². The first kappa shape index (κ1) is 23.5. The molecule has 0 bridgehead atoms. The van der Waals surface area contributed by atoms with Gasteiger partial charge in [0.05, 0.1) is 0 Å². The number of hydrogen-bond donors (Lipinski definition) is 4. The molecule has 0 aliphatic rings. The van der Waals surface area contributed by atoms with Crippen LogP contribution in [-0.4, -0.2) is 49.9 Å². The maximum absolute atomic E-state index is 11.1. The van der Waals surface area contributed by atoms with Gasteiger partial charge in [0.1, 0.15) is 0 Å². The first-order valence-electron chi connectivity index (χ1n) is 5.85. The van der Waals surface area contributed by atoms with Gasteiger partial charge in [0, 0.05) is 19.5 Å². The van der Waals surface area contributed by atoms with E-state index in [1.807, 2.05) is 13.8 Å². The van der Waals surface area contributed by atoms with Crippen molar-refractivity contribution in [1.29, 1.82) is 0 Å². The molecule has 4 N–H and O–H groups in total. The van der Waals surface area contributed by atoms with Gasteiger partial charge < -0.3 is 34.1 Å². The molecule has 0 radical (unpaired) electrons. The van der Waals surface area contributed by atoms with E-state index in [2.05, 4.69) is 0 Å². The number of hydrogen-bond acceptors (Lipinski definition) is 5. The fourth-order valence-electron chi connectivity index (χ4n) is 1.54. The Morgan fingerprint density at radius 1 is 1.30 bits per heavy atom. The molecule has 3 atom stereocenters. The Labute approximate surface area is 141 Å². The molecule has 0 saturated carbocycles. The minimum Gasteiger partial charge on any atom is -0.776 e. The predicted octanol–water partition coefficient (Wildman–Crippen LogP) is -3.27. The van der Waals surface area contributed by atoms with Crippen molar-refractivity contribution in [2.45, 2.75) is 31.8 Å². The van der Waals surface area contributed by atoms with E-state index >= 15 is 0 Å². The van der Waals surface area contributed by atoms with Gasteiger partial charge >= 0.3 is 37.2 Å². The summed E-state index contributed by atoms with van der Waals surface area (Å²) < 4.78 is 22.1. The number of nitrogens with zero attached hydrogens (tertiary/aromatic N) is 1. The van der Waals surface area contributed by atoms with E-state index < -0.39 is 26.7 Å². The van der Waals surface area contributed by atoms with E-state index in [1.54, 1.807) is 11.9 Å². The zero-order chi connectivity index (χ0) is 15.5. The standard InChI is InChI=1S/C9H23NO7P2.Na/c1-4-8(2)7-10(3)6-5-9(11,18(12,13)14)19(15,16)17;/h8,11H,4-7H2,1-3H3,(H2,12,13,14)(H2,15,16,17);/q;+1/p-1. The summed E-state index contributed by atoms with van der Waals surface area (Å²) in [5, 5.41) is 6.18. The molecule has 0 aromatic rings. The van der Waals surface area contributed by atoms with Gasteiger partial charge in [0.2, 0.25) is 5.08 Å². The SMILES string of the molecule is CCC(C)CN(C)CCC(O)(P(=O)([O-])O)P(=O)(O)O.[Na+]. The first-order chi connectivity index (χ1) is 8.35. The molecule has 0 amide bonds. The quantitative estimate of drug-likeness (QED) is 0.266. The van der Waals surface area contributed by atoms with E-state index in [4.69, 9.17) is 14.7 Å². The average molecular weight is 341 g/mol. The summed E-state index contributed by atoms with van der Waals surface area (Å²) in [6, 6.07) is 0. The Hall–Kier alpha value is 1.22. The van der Waals surface area contributed by atoms with Crippen LogP contribution in [0.3, 0.4) is 0 Å². The molecular weight excluding hydrogens is 319 g/mol. The summed E-state index contributed by atoms with van der Waals surface area (Å²) in [6.07, 6.45) is 0.134.